The zero-order valence-electron chi connectivity index (χ0n) is 16.3. The summed E-state index contributed by atoms with van der Waals surface area (Å²) in [6.45, 7) is 0. The molecule has 4 nitrogen and oxygen atoms in total. The molecule has 28 heavy (non-hydrogen) atoms. The summed E-state index contributed by atoms with van der Waals surface area (Å²) >= 11 is 1.79. The molecule has 1 aliphatic rings. The van der Waals surface area contributed by atoms with Crippen LogP contribution in [0.4, 0.5) is 0 Å². The second-order valence-electron chi connectivity index (χ2n) is 7.53. The molecule has 0 spiro atoms. The molecule has 2 N–H and O–H groups in total. The summed E-state index contributed by atoms with van der Waals surface area (Å²) in [5.74, 6) is 1.87. The average molecular weight is 394 g/mol. The number of nitrogens with one attached hydrogen (secondary N) is 2. The van der Waals surface area contributed by atoms with Crippen LogP contribution in [0, 0.1) is 0 Å². The van der Waals surface area contributed by atoms with Crippen LogP contribution in [0.1, 0.15) is 47.8 Å². The molecule has 0 saturated heterocycles. The number of rotatable bonds is 7. The maximum Gasteiger partial charge on any atom is 0.225 e. The second-order valence-corrected chi connectivity index (χ2v) is 8.51. The lowest BCUT2D eigenvalue weighted by Gasteiger charge is -2.18. The smallest absolute Gasteiger partial charge is 0.225 e. The third kappa shape index (κ3) is 4.41. The number of benzene rings is 2. The largest absolute Gasteiger partial charge is 0.346 e. The van der Waals surface area contributed by atoms with Crippen molar-refractivity contribution in [2.45, 2.75) is 44.6 Å². The maximum absolute atomic E-state index is 12.8. The van der Waals surface area contributed by atoms with Crippen molar-refractivity contribution in [3.05, 3.63) is 65.0 Å². The maximum atomic E-state index is 12.8. The Hall–Kier alpha value is -2.27. The molecule has 1 heterocycles. The van der Waals surface area contributed by atoms with Crippen LogP contribution in [0.15, 0.2) is 42.5 Å². The van der Waals surface area contributed by atoms with Crippen molar-refractivity contribution in [1.29, 1.82) is 0 Å². The number of thioether (sulfide) groups is 1. The highest BCUT2D eigenvalue weighted by Gasteiger charge is 2.19. The second kappa shape index (κ2) is 8.82. The summed E-state index contributed by atoms with van der Waals surface area (Å²) < 4.78 is 0. The highest BCUT2D eigenvalue weighted by Crippen LogP contribution is 2.23. The number of carbonyl (C=O) groups is 1. The van der Waals surface area contributed by atoms with E-state index in [1.807, 2.05) is 24.3 Å². The van der Waals surface area contributed by atoms with Gasteiger partial charge in [0.05, 0.1) is 23.5 Å². The molecule has 0 aliphatic heterocycles. The van der Waals surface area contributed by atoms with Crippen LogP contribution < -0.4 is 5.32 Å². The van der Waals surface area contributed by atoms with Crippen molar-refractivity contribution in [1.82, 2.24) is 15.3 Å². The van der Waals surface area contributed by atoms with Crippen LogP contribution >= 0.6 is 11.8 Å². The molecule has 0 saturated carbocycles. The van der Waals surface area contributed by atoms with E-state index in [1.54, 1.807) is 11.8 Å². The van der Waals surface area contributed by atoms with Crippen molar-refractivity contribution in [2.24, 2.45) is 0 Å². The highest BCUT2D eigenvalue weighted by molar-refractivity contribution is 7.98. The monoisotopic (exact) mass is 393 g/mol. The lowest BCUT2D eigenvalue weighted by atomic mass is 9.90. The lowest BCUT2D eigenvalue weighted by Crippen LogP contribution is -2.31. The van der Waals surface area contributed by atoms with Crippen LogP contribution in [0.25, 0.3) is 11.0 Å². The average Bonchev–Trinajstić information content (AvgIpc) is 3.15. The molecular weight excluding hydrogens is 366 g/mol. The van der Waals surface area contributed by atoms with Gasteiger partial charge in [0.2, 0.25) is 5.91 Å². The minimum absolute atomic E-state index is 0.0577. The third-order valence-corrected chi connectivity index (χ3v) is 6.11. The van der Waals surface area contributed by atoms with Gasteiger partial charge in [-0.05, 0) is 72.9 Å². The van der Waals surface area contributed by atoms with Crippen LogP contribution in [-0.2, 0) is 24.1 Å². The third-order valence-electron chi connectivity index (χ3n) is 5.46. The summed E-state index contributed by atoms with van der Waals surface area (Å²) in [7, 11) is 0. The molecule has 1 aromatic heterocycles. The number of H-pyrrole nitrogens is 1. The SMILES string of the molecule is CSCCC(NC(=O)Cc1ccc2c(c1)CCCC2)c1nc2ccccc2[nH]1. The number of hydrogen-bond donors (Lipinski definition) is 2. The summed E-state index contributed by atoms with van der Waals surface area (Å²) in [5.41, 5.74) is 5.93. The quantitative estimate of drug-likeness (QED) is 0.617. The standard InChI is InChI=1S/C23H27N3OS/c1-28-13-12-21(23-25-19-8-4-5-9-20(19)26-23)24-22(27)15-16-10-11-17-6-2-3-7-18(17)14-16/h4-5,8-11,14,21H,2-3,6-7,12-13,15H2,1H3,(H,24,27)(H,25,26). The fourth-order valence-corrected chi connectivity index (χ4v) is 4.45. The minimum Gasteiger partial charge on any atom is -0.346 e. The van der Waals surface area contributed by atoms with Crippen LogP contribution in [0.2, 0.25) is 0 Å². The Morgan fingerprint density at radius 3 is 2.82 bits per heavy atom. The normalized spacial score (nSPS) is 14.6. The number of fused-ring (bicyclic) bond motifs is 2. The molecular formula is C23H27N3OS. The Balaban J connectivity index is 1.47. The van der Waals surface area contributed by atoms with Gasteiger partial charge in [-0.3, -0.25) is 4.79 Å². The van der Waals surface area contributed by atoms with Crippen LogP contribution in [0.3, 0.4) is 0 Å². The van der Waals surface area contributed by atoms with E-state index in [1.165, 1.54) is 30.4 Å². The number of amides is 1. The van der Waals surface area contributed by atoms with Crippen molar-refractivity contribution in [3.63, 3.8) is 0 Å². The van der Waals surface area contributed by atoms with Gasteiger partial charge in [0, 0.05) is 0 Å². The zero-order chi connectivity index (χ0) is 19.3. The summed E-state index contributed by atoms with van der Waals surface area (Å²) in [6, 6.07) is 14.5. The van der Waals surface area contributed by atoms with Crippen LogP contribution in [-0.4, -0.2) is 27.9 Å². The molecule has 1 unspecified atom stereocenters. The zero-order valence-corrected chi connectivity index (χ0v) is 17.1. The molecule has 2 aromatic carbocycles. The predicted molar refractivity (Wildman–Crippen MR) is 117 cm³/mol. The Bertz CT molecular complexity index is 932. The molecule has 146 valence electrons. The van der Waals surface area contributed by atoms with Gasteiger partial charge in [0.1, 0.15) is 5.82 Å². The number of aryl methyl sites for hydroxylation is 2. The summed E-state index contributed by atoms with van der Waals surface area (Å²) in [4.78, 5) is 20.9. The van der Waals surface area contributed by atoms with Gasteiger partial charge in [-0.25, -0.2) is 4.98 Å². The molecule has 1 atom stereocenters. The van der Waals surface area contributed by atoms with Crippen molar-refractivity contribution in [3.8, 4) is 0 Å². The number of nitrogens with zero attached hydrogens (tertiary/aromatic N) is 1. The van der Waals surface area contributed by atoms with Gasteiger partial charge in [0.15, 0.2) is 0 Å². The molecule has 0 radical (unpaired) electrons. The number of aromatic amines is 1. The van der Waals surface area contributed by atoms with E-state index in [2.05, 4.69) is 34.8 Å². The van der Waals surface area contributed by atoms with Gasteiger partial charge < -0.3 is 10.3 Å². The molecule has 1 amide bonds. The van der Waals surface area contributed by atoms with E-state index in [4.69, 9.17) is 4.98 Å². The molecule has 4 rings (SSSR count). The van der Waals surface area contributed by atoms with Gasteiger partial charge in [-0.1, -0.05) is 30.3 Å². The Labute approximate surface area is 170 Å². The Kier molecular flexibility index (Phi) is 6.01. The number of hydrogen-bond acceptors (Lipinski definition) is 3. The van der Waals surface area contributed by atoms with Crippen molar-refractivity contribution in [2.75, 3.05) is 12.0 Å². The van der Waals surface area contributed by atoms with Gasteiger partial charge in [-0.15, -0.1) is 0 Å². The molecule has 3 aromatic rings. The topological polar surface area (TPSA) is 57.8 Å². The van der Waals surface area contributed by atoms with E-state index < -0.39 is 0 Å². The van der Waals surface area contributed by atoms with E-state index in [0.29, 0.717) is 6.42 Å². The molecule has 0 bridgehead atoms. The van der Waals surface area contributed by atoms with E-state index in [0.717, 1.165) is 41.0 Å². The van der Waals surface area contributed by atoms with Crippen molar-refractivity contribution < 1.29 is 4.79 Å². The summed E-state index contributed by atoms with van der Waals surface area (Å²) in [5, 5.41) is 3.21. The van der Waals surface area contributed by atoms with Crippen LogP contribution in [0.5, 0.6) is 0 Å². The Morgan fingerprint density at radius 2 is 2.00 bits per heavy atom. The number of aromatic nitrogens is 2. The van der Waals surface area contributed by atoms with E-state index in [9.17, 15) is 4.79 Å². The number of carbonyl (C=O) groups excluding carboxylic acids is 1. The first-order chi connectivity index (χ1) is 13.7. The number of imidazole rings is 1. The molecule has 0 fully saturated rings. The predicted octanol–water partition coefficient (Wildman–Crippen LogP) is 4.59. The van der Waals surface area contributed by atoms with Gasteiger partial charge in [-0.2, -0.15) is 11.8 Å². The first-order valence-electron chi connectivity index (χ1n) is 10.1. The fourth-order valence-electron chi connectivity index (χ4n) is 3.98. The highest BCUT2D eigenvalue weighted by atomic mass is 32.2. The van der Waals surface area contributed by atoms with Gasteiger partial charge in [0.25, 0.3) is 0 Å². The first-order valence-corrected chi connectivity index (χ1v) is 11.5. The van der Waals surface area contributed by atoms with E-state index >= 15 is 0 Å². The fraction of sp³-hybridized carbons (Fsp3) is 0.391. The van der Waals surface area contributed by atoms with Crippen molar-refractivity contribution >= 4 is 28.7 Å². The molecule has 5 heteroatoms. The van der Waals surface area contributed by atoms with E-state index in [-0.39, 0.29) is 11.9 Å². The lowest BCUT2D eigenvalue weighted by molar-refractivity contribution is -0.121. The first kappa shape index (κ1) is 19.1. The number of para-hydroxylation sites is 2. The van der Waals surface area contributed by atoms with Gasteiger partial charge >= 0.3 is 0 Å². The molecule has 1 aliphatic carbocycles. The minimum atomic E-state index is -0.0926. The Morgan fingerprint density at radius 1 is 1.18 bits per heavy atom. The summed E-state index contributed by atoms with van der Waals surface area (Å²) in [6.07, 6.45) is 8.21.